The second-order valence-corrected chi connectivity index (χ2v) is 8.00. The molecule has 146 valence electrons. The van der Waals surface area contributed by atoms with Crippen molar-refractivity contribution in [3.05, 3.63) is 94.1 Å². The molecule has 0 heterocycles. The second-order valence-electron chi connectivity index (χ2n) is 6.84. The monoisotopic (exact) mass is 495 g/mol. The van der Waals surface area contributed by atoms with Crippen molar-refractivity contribution in [2.24, 2.45) is 0 Å². The molecule has 0 saturated carbocycles. The first-order valence-electron chi connectivity index (χ1n) is 9.50. The number of hydrogen-bond donors (Lipinski definition) is 1. The Morgan fingerprint density at radius 1 is 0.862 bits per heavy atom. The molecule has 0 aromatic heterocycles. The van der Waals surface area contributed by atoms with E-state index in [0.29, 0.717) is 0 Å². The van der Waals surface area contributed by atoms with Crippen molar-refractivity contribution in [3.8, 4) is 17.2 Å². The van der Waals surface area contributed by atoms with Crippen LogP contribution in [0.25, 0.3) is 10.8 Å². The number of nitrogens with one attached hydrogen (secondary N) is 1. The molecule has 29 heavy (non-hydrogen) atoms. The first-order chi connectivity index (χ1) is 14.2. The Morgan fingerprint density at radius 3 is 2.38 bits per heavy atom. The third kappa shape index (κ3) is 4.32. The van der Waals surface area contributed by atoms with Crippen LogP contribution in [0.4, 0.5) is 5.69 Å². The molecule has 0 fully saturated rings. The van der Waals surface area contributed by atoms with E-state index in [4.69, 9.17) is 9.47 Å². The minimum absolute atomic E-state index is 0.149. The summed E-state index contributed by atoms with van der Waals surface area (Å²) in [6.07, 6.45) is 0. The lowest BCUT2D eigenvalue weighted by atomic mass is 10.1. The van der Waals surface area contributed by atoms with Crippen LogP contribution in [0.3, 0.4) is 0 Å². The summed E-state index contributed by atoms with van der Waals surface area (Å²) in [7, 11) is 1.68. The Kier molecular flexibility index (Phi) is 5.90. The highest BCUT2D eigenvalue weighted by molar-refractivity contribution is 14.1. The molecule has 0 bridgehead atoms. The second kappa shape index (κ2) is 8.74. The SMILES string of the molecule is COc1ccc(Oc2c(N[C@@H](C)c3ccccc3)ccc3ccccc23)cc1I. The summed E-state index contributed by atoms with van der Waals surface area (Å²) in [6.45, 7) is 2.16. The van der Waals surface area contributed by atoms with E-state index in [1.165, 1.54) is 5.56 Å². The smallest absolute Gasteiger partial charge is 0.158 e. The van der Waals surface area contributed by atoms with Crippen LogP contribution in [0.1, 0.15) is 18.5 Å². The molecule has 4 rings (SSSR count). The van der Waals surface area contributed by atoms with Crippen molar-refractivity contribution in [1.29, 1.82) is 0 Å². The number of methoxy groups -OCH3 is 1. The molecule has 1 N–H and O–H groups in total. The van der Waals surface area contributed by atoms with E-state index in [9.17, 15) is 0 Å². The van der Waals surface area contributed by atoms with Crippen molar-refractivity contribution in [3.63, 3.8) is 0 Å². The van der Waals surface area contributed by atoms with E-state index in [1.54, 1.807) is 7.11 Å². The van der Waals surface area contributed by atoms with Crippen molar-refractivity contribution in [1.82, 2.24) is 0 Å². The fraction of sp³-hybridized carbons (Fsp3) is 0.120. The van der Waals surface area contributed by atoms with E-state index < -0.39 is 0 Å². The lowest BCUT2D eigenvalue weighted by molar-refractivity contribution is 0.410. The summed E-state index contributed by atoms with van der Waals surface area (Å²) in [5.41, 5.74) is 2.19. The van der Waals surface area contributed by atoms with Gasteiger partial charge in [0, 0.05) is 11.4 Å². The number of hydrogen-bond acceptors (Lipinski definition) is 3. The molecule has 0 unspecified atom stereocenters. The number of anilines is 1. The standard InChI is InChI=1S/C25H22INO2/c1-17(18-8-4-3-5-9-18)27-23-14-12-19-10-6-7-11-21(19)25(23)29-20-13-15-24(28-2)22(26)16-20/h3-17,27H,1-2H3/t17-/m0/s1. The van der Waals surface area contributed by atoms with Gasteiger partial charge in [0.2, 0.25) is 0 Å². The van der Waals surface area contributed by atoms with Gasteiger partial charge in [0.05, 0.1) is 16.4 Å². The number of rotatable bonds is 6. The molecule has 4 aromatic rings. The van der Waals surface area contributed by atoms with Gasteiger partial charge in [-0.2, -0.15) is 0 Å². The molecule has 0 saturated heterocycles. The molecule has 1 atom stereocenters. The van der Waals surface area contributed by atoms with Crippen molar-refractivity contribution in [2.75, 3.05) is 12.4 Å². The van der Waals surface area contributed by atoms with Crippen molar-refractivity contribution < 1.29 is 9.47 Å². The summed E-state index contributed by atoms with van der Waals surface area (Å²) >= 11 is 2.26. The minimum atomic E-state index is 0.149. The molecule has 4 heteroatoms. The van der Waals surface area contributed by atoms with E-state index in [2.05, 4.69) is 83.4 Å². The molecule has 3 nitrogen and oxygen atoms in total. The molecule has 0 radical (unpaired) electrons. The third-order valence-corrected chi connectivity index (χ3v) is 5.74. The maximum absolute atomic E-state index is 6.42. The molecule has 0 amide bonds. The molecule has 0 aliphatic rings. The van der Waals surface area contributed by atoms with Gasteiger partial charge in [0.1, 0.15) is 11.5 Å². The van der Waals surface area contributed by atoms with Crippen LogP contribution in [0.2, 0.25) is 0 Å². The van der Waals surface area contributed by atoms with Gasteiger partial charge >= 0.3 is 0 Å². The highest BCUT2D eigenvalue weighted by atomic mass is 127. The van der Waals surface area contributed by atoms with Gasteiger partial charge in [-0.25, -0.2) is 0 Å². The Balaban J connectivity index is 1.74. The third-order valence-electron chi connectivity index (χ3n) is 4.89. The molecular weight excluding hydrogens is 473 g/mol. The van der Waals surface area contributed by atoms with Gasteiger partial charge in [-0.3, -0.25) is 0 Å². The number of benzene rings is 4. The predicted molar refractivity (Wildman–Crippen MR) is 128 cm³/mol. The van der Waals surface area contributed by atoms with Crippen LogP contribution in [0, 0.1) is 3.57 Å². The van der Waals surface area contributed by atoms with Gasteiger partial charge in [0.15, 0.2) is 5.75 Å². The normalized spacial score (nSPS) is 11.8. The Labute approximate surface area is 184 Å². The zero-order chi connectivity index (χ0) is 20.2. The molecule has 4 aromatic carbocycles. The average molecular weight is 495 g/mol. The minimum Gasteiger partial charge on any atom is -0.496 e. The number of halogens is 1. The predicted octanol–water partition coefficient (Wildman–Crippen LogP) is 7.42. The highest BCUT2D eigenvalue weighted by Gasteiger charge is 2.14. The first-order valence-corrected chi connectivity index (χ1v) is 10.6. The quantitative estimate of drug-likeness (QED) is 0.283. The van der Waals surface area contributed by atoms with Crippen LogP contribution >= 0.6 is 22.6 Å². The Morgan fingerprint density at radius 2 is 1.62 bits per heavy atom. The average Bonchev–Trinajstić information content (AvgIpc) is 2.76. The summed E-state index contributed by atoms with van der Waals surface area (Å²) < 4.78 is 12.8. The topological polar surface area (TPSA) is 30.5 Å². The zero-order valence-corrected chi connectivity index (χ0v) is 18.5. The van der Waals surface area contributed by atoms with Crippen LogP contribution in [-0.2, 0) is 0 Å². The summed E-state index contributed by atoms with van der Waals surface area (Å²) in [5, 5.41) is 5.84. The van der Waals surface area contributed by atoms with E-state index in [0.717, 1.165) is 37.3 Å². The fourth-order valence-corrected chi connectivity index (χ4v) is 4.06. The number of ether oxygens (including phenoxy) is 2. The van der Waals surface area contributed by atoms with Gasteiger partial charge in [-0.1, -0.05) is 60.7 Å². The molecule has 0 aliphatic carbocycles. The maximum Gasteiger partial charge on any atom is 0.158 e. The van der Waals surface area contributed by atoms with E-state index >= 15 is 0 Å². The summed E-state index contributed by atoms with van der Waals surface area (Å²) in [4.78, 5) is 0. The van der Waals surface area contributed by atoms with Gasteiger partial charge in [-0.15, -0.1) is 0 Å². The largest absolute Gasteiger partial charge is 0.496 e. The molecule has 0 aliphatic heterocycles. The highest BCUT2D eigenvalue weighted by Crippen LogP contribution is 2.39. The Bertz CT molecular complexity index is 1130. The first kappa shape index (κ1) is 19.6. The van der Waals surface area contributed by atoms with Gasteiger partial charge < -0.3 is 14.8 Å². The summed E-state index contributed by atoms with van der Waals surface area (Å²) in [5.74, 6) is 2.45. The Hall–Kier alpha value is -2.73. The van der Waals surface area contributed by atoms with Gasteiger partial charge in [0.25, 0.3) is 0 Å². The lowest BCUT2D eigenvalue weighted by Crippen LogP contribution is -2.07. The van der Waals surface area contributed by atoms with Crippen molar-refractivity contribution in [2.45, 2.75) is 13.0 Å². The van der Waals surface area contributed by atoms with Crippen LogP contribution in [-0.4, -0.2) is 7.11 Å². The fourth-order valence-electron chi connectivity index (χ4n) is 3.35. The van der Waals surface area contributed by atoms with Crippen LogP contribution < -0.4 is 14.8 Å². The molecular formula is C25H22INO2. The maximum atomic E-state index is 6.42. The van der Waals surface area contributed by atoms with E-state index in [-0.39, 0.29) is 6.04 Å². The lowest BCUT2D eigenvalue weighted by Gasteiger charge is -2.20. The number of fused-ring (bicyclic) bond motifs is 1. The zero-order valence-electron chi connectivity index (χ0n) is 16.4. The van der Waals surface area contributed by atoms with Crippen LogP contribution in [0.5, 0.6) is 17.2 Å². The van der Waals surface area contributed by atoms with Gasteiger partial charge in [-0.05, 0) is 64.7 Å². The van der Waals surface area contributed by atoms with E-state index in [1.807, 2.05) is 36.4 Å². The van der Waals surface area contributed by atoms with Crippen LogP contribution in [0.15, 0.2) is 84.9 Å². The summed E-state index contributed by atoms with van der Waals surface area (Å²) in [6, 6.07) is 28.9. The molecule has 0 spiro atoms. The van der Waals surface area contributed by atoms with Crippen molar-refractivity contribution >= 4 is 39.1 Å².